The number of methoxy groups -OCH3 is 1. The standard InChI is InChI=1S/C13H17Cl2NO/c1-17-13-10(6-9(14)7-11(13)15)12(16)8-4-2-3-5-8/h6-8,12H,2-5,16H2,1H3. The van der Waals surface area contributed by atoms with Crippen LogP contribution >= 0.6 is 23.2 Å². The van der Waals surface area contributed by atoms with Crippen LogP contribution in [0.5, 0.6) is 5.75 Å². The van der Waals surface area contributed by atoms with Crippen molar-refractivity contribution in [1.29, 1.82) is 0 Å². The predicted molar refractivity (Wildman–Crippen MR) is 71.9 cm³/mol. The SMILES string of the molecule is COc1c(Cl)cc(Cl)cc1C(N)C1CCCC1. The Morgan fingerprint density at radius 2 is 1.94 bits per heavy atom. The molecule has 17 heavy (non-hydrogen) atoms. The molecule has 0 radical (unpaired) electrons. The zero-order valence-corrected chi connectivity index (χ0v) is 11.4. The maximum atomic E-state index is 6.32. The van der Waals surface area contributed by atoms with Crippen molar-refractivity contribution in [3.8, 4) is 5.75 Å². The molecule has 0 bridgehead atoms. The zero-order valence-electron chi connectivity index (χ0n) is 9.88. The average molecular weight is 274 g/mol. The first kappa shape index (κ1) is 13.0. The highest BCUT2D eigenvalue weighted by molar-refractivity contribution is 6.35. The van der Waals surface area contributed by atoms with Crippen molar-refractivity contribution in [3.63, 3.8) is 0 Å². The second-order valence-electron chi connectivity index (χ2n) is 4.58. The predicted octanol–water partition coefficient (Wildman–Crippen LogP) is 4.19. The third kappa shape index (κ3) is 2.70. The number of hydrogen-bond donors (Lipinski definition) is 1. The summed E-state index contributed by atoms with van der Waals surface area (Å²) in [5, 5.41) is 1.14. The van der Waals surface area contributed by atoms with E-state index in [0.717, 1.165) is 5.56 Å². The molecule has 0 amide bonds. The molecule has 1 aliphatic rings. The van der Waals surface area contributed by atoms with E-state index in [1.165, 1.54) is 25.7 Å². The summed E-state index contributed by atoms with van der Waals surface area (Å²) in [6, 6.07) is 3.52. The van der Waals surface area contributed by atoms with E-state index < -0.39 is 0 Å². The van der Waals surface area contributed by atoms with E-state index >= 15 is 0 Å². The molecule has 2 nitrogen and oxygen atoms in total. The smallest absolute Gasteiger partial charge is 0.142 e. The molecule has 1 atom stereocenters. The van der Waals surface area contributed by atoms with Crippen molar-refractivity contribution in [3.05, 3.63) is 27.7 Å². The Balaban J connectivity index is 2.35. The van der Waals surface area contributed by atoms with Crippen molar-refractivity contribution in [2.75, 3.05) is 7.11 Å². The zero-order chi connectivity index (χ0) is 12.4. The molecule has 0 saturated heterocycles. The lowest BCUT2D eigenvalue weighted by atomic mass is 9.92. The van der Waals surface area contributed by atoms with Gasteiger partial charge in [-0.3, -0.25) is 0 Å². The molecule has 2 N–H and O–H groups in total. The Kier molecular flexibility index (Phi) is 4.18. The summed E-state index contributed by atoms with van der Waals surface area (Å²) >= 11 is 12.2. The Labute approximate surface area is 112 Å². The van der Waals surface area contributed by atoms with E-state index in [1.807, 2.05) is 6.07 Å². The van der Waals surface area contributed by atoms with Gasteiger partial charge in [0.25, 0.3) is 0 Å². The molecule has 1 aliphatic carbocycles. The molecule has 1 saturated carbocycles. The van der Waals surface area contributed by atoms with E-state index in [9.17, 15) is 0 Å². The monoisotopic (exact) mass is 273 g/mol. The molecule has 0 heterocycles. The number of hydrogen-bond acceptors (Lipinski definition) is 2. The Hall–Kier alpha value is -0.440. The summed E-state index contributed by atoms with van der Waals surface area (Å²) in [4.78, 5) is 0. The summed E-state index contributed by atoms with van der Waals surface area (Å²) < 4.78 is 5.34. The number of nitrogens with two attached hydrogens (primary N) is 1. The Morgan fingerprint density at radius 1 is 1.29 bits per heavy atom. The van der Waals surface area contributed by atoms with Crippen LogP contribution in [0.3, 0.4) is 0 Å². The maximum Gasteiger partial charge on any atom is 0.142 e. The topological polar surface area (TPSA) is 35.2 Å². The third-order valence-corrected chi connectivity index (χ3v) is 4.01. The van der Waals surface area contributed by atoms with Gasteiger partial charge in [-0.05, 0) is 30.9 Å². The van der Waals surface area contributed by atoms with Gasteiger partial charge in [-0.25, -0.2) is 0 Å². The van der Waals surface area contributed by atoms with Gasteiger partial charge in [0.15, 0.2) is 0 Å². The van der Waals surface area contributed by atoms with E-state index in [-0.39, 0.29) is 6.04 Å². The summed E-state index contributed by atoms with van der Waals surface area (Å²) in [5.74, 6) is 1.17. The molecule has 0 aliphatic heterocycles. The second-order valence-corrected chi connectivity index (χ2v) is 5.42. The molecule has 1 aromatic carbocycles. The molecular formula is C13H17Cl2NO. The van der Waals surface area contributed by atoms with Gasteiger partial charge in [-0.15, -0.1) is 0 Å². The lowest BCUT2D eigenvalue weighted by molar-refractivity contribution is 0.385. The van der Waals surface area contributed by atoms with Crippen molar-refractivity contribution >= 4 is 23.2 Å². The van der Waals surface area contributed by atoms with Gasteiger partial charge < -0.3 is 10.5 Å². The molecule has 0 spiro atoms. The van der Waals surface area contributed by atoms with Gasteiger partial charge in [0.1, 0.15) is 5.75 Å². The first-order valence-corrected chi connectivity index (χ1v) is 6.67. The van der Waals surface area contributed by atoms with Gasteiger partial charge in [0, 0.05) is 16.6 Å². The first-order chi connectivity index (χ1) is 8.13. The van der Waals surface area contributed by atoms with Crippen LogP contribution in [0.15, 0.2) is 12.1 Å². The van der Waals surface area contributed by atoms with Crippen molar-refractivity contribution in [2.24, 2.45) is 11.7 Å². The second kappa shape index (κ2) is 5.47. The Morgan fingerprint density at radius 3 is 2.53 bits per heavy atom. The summed E-state index contributed by atoms with van der Waals surface area (Å²) in [7, 11) is 1.61. The third-order valence-electron chi connectivity index (χ3n) is 3.51. The largest absolute Gasteiger partial charge is 0.495 e. The molecular weight excluding hydrogens is 257 g/mol. The fraction of sp³-hybridized carbons (Fsp3) is 0.538. The average Bonchev–Trinajstić information content (AvgIpc) is 2.80. The van der Waals surface area contributed by atoms with Crippen molar-refractivity contribution in [2.45, 2.75) is 31.7 Å². The van der Waals surface area contributed by atoms with Crippen LogP contribution in [0.1, 0.15) is 37.3 Å². The number of rotatable bonds is 3. The highest BCUT2D eigenvalue weighted by Gasteiger charge is 2.26. The lowest BCUT2D eigenvalue weighted by Crippen LogP contribution is -2.20. The van der Waals surface area contributed by atoms with Crippen LogP contribution in [0.2, 0.25) is 10.0 Å². The lowest BCUT2D eigenvalue weighted by Gasteiger charge is -2.22. The van der Waals surface area contributed by atoms with E-state index in [2.05, 4.69) is 0 Å². The van der Waals surface area contributed by atoms with E-state index in [4.69, 9.17) is 33.7 Å². The van der Waals surface area contributed by atoms with Crippen molar-refractivity contribution in [1.82, 2.24) is 0 Å². The summed E-state index contributed by atoms with van der Waals surface area (Å²) in [6.07, 6.45) is 4.87. The number of halogens is 2. The van der Waals surface area contributed by atoms with Crippen LogP contribution < -0.4 is 10.5 Å². The minimum Gasteiger partial charge on any atom is -0.495 e. The van der Waals surface area contributed by atoms with Crippen LogP contribution in [0.4, 0.5) is 0 Å². The fourth-order valence-corrected chi connectivity index (χ4v) is 3.20. The molecule has 4 heteroatoms. The van der Waals surface area contributed by atoms with Crippen LogP contribution in [-0.2, 0) is 0 Å². The molecule has 1 fully saturated rings. The minimum atomic E-state index is -0.0383. The molecule has 1 unspecified atom stereocenters. The fourth-order valence-electron chi connectivity index (χ4n) is 2.61. The number of ether oxygens (including phenoxy) is 1. The van der Waals surface area contributed by atoms with Crippen LogP contribution in [0, 0.1) is 5.92 Å². The Bertz CT molecular complexity index is 403. The van der Waals surface area contributed by atoms with E-state index in [1.54, 1.807) is 13.2 Å². The van der Waals surface area contributed by atoms with Gasteiger partial charge in [-0.1, -0.05) is 36.0 Å². The first-order valence-electron chi connectivity index (χ1n) is 5.92. The molecule has 94 valence electrons. The molecule has 0 aromatic heterocycles. The molecule has 1 aromatic rings. The quantitative estimate of drug-likeness (QED) is 0.896. The van der Waals surface area contributed by atoms with Gasteiger partial charge >= 0.3 is 0 Å². The molecule has 2 rings (SSSR count). The normalized spacial score (nSPS) is 18.4. The maximum absolute atomic E-state index is 6.32. The van der Waals surface area contributed by atoms with Crippen LogP contribution in [-0.4, -0.2) is 7.11 Å². The summed E-state index contributed by atoms with van der Waals surface area (Å²) in [5.41, 5.74) is 7.24. The minimum absolute atomic E-state index is 0.0383. The number of benzene rings is 1. The highest BCUT2D eigenvalue weighted by atomic mass is 35.5. The van der Waals surface area contributed by atoms with Crippen LogP contribution in [0.25, 0.3) is 0 Å². The van der Waals surface area contributed by atoms with Gasteiger partial charge in [-0.2, -0.15) is 0 Å². The van der Waals surface area contributed by atoms with Gasteiger partial charge in [0.05, 0.1) is 12.1 Å². The highest BCUT2D eigenvalue weighted by Crippen LogP contribution is 2.41. The van der Waals surface area contributed by atoms with Crippen molar-refractivity contribution < 1.29 is 4.74 Å². The van der Waals surface area contributed by atoms with E-state index in [0.29, 0.717) is 21.7 Å². The van der Waals surface area contributed by atoms with Gasteiger partial charge in [0.2, 0.25) is 0 Å². The summed E-state index contributed by atoms with van der Waals surface area (Å²) in [6.45, 7) is 0.